The van der Waals surface area contributed by atoms with Crippen LogP contribution in [0.15, 0.2) is 77.4 Å². The standard InChI is InChI=1S/C20H18N4O/c1-2-7-13(8-3-1)17-18(16-11-6-12-25-16)23-24-19(17)20-21-14-9-4-5-10-15(14)22-20/h1-12,17-19,23-24H,(H,21,22). The van der Waals surface area contributed by atoms with Crippen molar-refractivity contribution in [3.63, 3.8) is 0 Å². The predicted molar refractivity (Wildman–Crippen MR) is 95.7 cm³/mol. The average molecular weight is 330 g/mol. The number of furan rings is 1. The van der Waals surface area contributed by atoms with Gasteiger partial charge in [0, 0.05) is 5.92 Å². The van der Waals surface area contributed by atoms with E-state index in [-0.39, 0.29) is 18.0 Å². The van der Waals surface area contributed by atoms with Crippen LogP contribution >= 0.6 is 0 Å². The van der Waals surface area contributed by atoms with Gasteiger partial charge in [0.15, 0.2) is 0 Å². The molecule has 0 saturated carbocycles. The first-order chi connectivity index (χ1) is 12.4. The Kier molecular flexibility index (Phi) is 3.40. The highest BCUT2D eigenvalue weighted by Gasteiger charge is 2.41. The largest absolute Gasteiger partial charge is 0.468 e. The van der Waals surface area contributed by atoms with E-state index in [1.165, 1.54) is 5.56 Å². The number of nitrogens with zero attached hydrogens (tertiary/aromatic N) is 1. The van der Waals surface area contributed by atoms with Crippen molar-refractivity contribution < 1.29 is 4.42 Å². The summed E-state index contributed by atoms with van der Waals surface area (Å²) < 4.78 is 5.68. The molecule has 0 radical (unpaired) electrons. The Bertz CT molecular complexity index is 944. The third-order valence-electron chi connectivity index (χ3n) is 4.85. The number of hydrogen-bond donors (Lipinski definition) is 3. The van der Waals surface area contributed by atoms with Gasteiger partial charge in [0.25, 0.3) is 0 Å². The summed E-state index contributed by atoms with van der Waals surface area (Å²) in [5.41, 5.74) is 10.1. The normalized spacial score (nSPS) is 23.3. The molecule has 1 fully saturated rings. The zero-order chi connectivity index (χ0) is 16.6. The number of fused-ring (bicyclic) bond motifs is 1. The van der Waals surface area contributed by atoms with E-state index in [1.54, 1.807) is 6.26 Å². The molecule has 0 amide bonds. The Labute approximate surface area is 145 Å². The SMILES string of the molecule is c1ccc(C2C(c3nc4ccccc4[nH]3)NNC2c2ccco2)cc1. The summed E-state index contributed by atoms with van der Waals surface area (Å²) in [6, 6.07) is 22.6. The van der Waals surface area contributed by atoms with E-state index in [1.807, 2.05) is 36.4 Å². The van der Waals surface area contributed by atoms with Gasteiger partial charge in [-0.05, 0) is 29.8 Å². The van der Waals surface area contributed by atoms with Gasteiger partial charge in [-0.15, -0.1) is 0 Å². The van der Waals surface area contributed by atoms with E-state index in [2.05, 4.69) is 46.2 Å². The number of H-pyrrole nitrogens is 1. The third kappa shape index (κ3) is 2.45. The van der Waals surface area contributed by atoms with Crippen molar-refractivity contribution in [1.82, 2.24) is 20.8 Å². The van der Waals surface area contributed by atoms with Gasteiger partial charge in [-0.3, -0.25) is 0 Å². The lowest BCUT2D eigenvalue weighted by Crippen LogP contribution is -2.27. The molecule has 5 heteroatoms. The Morgan fingerprint density at radius 3 is 2.40 bits per heavy atom. The fraction of sp³-hybridized carbons (Fsp3) is 0.150. The molecule has 124 valence electrons. The van der Waals surface area contributed by atoms with Crippen molar-refractivity contribution in [2.45, 2.75) is 18.0 Å². The van der Waals surface area contributed by atoms with Crippen molar-refractivity contribution in [1.29, 1.82) is 0 Å². The van der Waals surface area contributed by atoms with Gasteiger partial charge in [-0.25, -0.2) is 15.8 Å². The molecule has 25 heavy (non-hydrogen) atoms. The molecule has 0 bridgehead atoms. The van der Waals surface area contributed by atoms with Gasteiger partial charge in [0.2, 0.25) is 0 Å². The lowest BCUT2D eigenvalue weighted by Gasteiger charge is -2.21. The Hall–Kier alpha value is -2.89. The number of aromatic amines is 1. The second-order valence-corrected chi connectivity index (χ2v) is 6.34. The monoisotopic (exact) mass is 330 g/mol. The van der Waals surface area contributed by atoms with Crippen molar-refractivity contribution in [3.8, 4) is 0 Å². The van der Waals surface area contributed by atoms with Crippen LogP contribution in [0.3, 0.4) is 0 Å². The Morgan fingerprint density at radius 1 is 0.800 bits per heavy atom. The smallest absolute Gasteiger partial charge is 0.126 e. The molecule has 5 nitrogen and oxygen atoms in total. The van der Waals surface area contributed by atoms with Gasteiger partial charge >= 0.3 is 0 Å². The first kappa shape index (κ1) is 14.5. The molecular weight excluding hydrogens is 312 g/mol. The third-order valence-corrected chi connectivity index (χ3v) is 4.85. The summed E-state index contributed by atoms with van der Waals surface area (Å²) in [7, 11) is 0. The van der Waals surface area contributed by atoms with Crippen molar-refractivity contribution in [2.75, 3.05) is 0 Å². The number of imidazole rings is 1. The lowest BCUT2D eigenvalue weighted by molar-refractivity contribution is 0.414. The highest BCUT2D eigenvalue weighted by atomic mass is 16.3. The molecule has 3 heterocycles. The maximum atomic E-state index is 5.68. The van der Waals surface area contributed by atoms with Gasteiger partial charge < -0.3 is 9.40 Å². The minimum atomic E-state index is 0.0184. The van der Waals surface area contributed by atoms with E-state index >= 15 is 0 Å². The fourth-order valence-corrected chi connectivity index (χ4v) is 3.69. The van der Waals surface area contributed by atoms with Crippen LogP contribution in [0.5, 0.6) is 0 Å². The maximum Gasteiger partial charge on any atom is 0.126 e. The van der Waals surface area contributed by atoms with Crippen LogP contribution < -0.4 is 10.9 Å². The second kappa shape index (κ2) is 5.88. The van der Waals surface area contributed by atoms with Crippen LogP contribution in [0, 0.1) is 0 Å². The van der Waals surface area contributed by atoms with Crippen LogP contribution in [-0.4, -0.2) is 9.97 Å². The van der Waals surface area contributed by atoms with Gasteiger partial charge in [-0.1, -0.05) is 42.5 Å². The number of nitrogens with one attached hydrogen (secondary N) is 3. The predicted octanol–water partition coefficient (Wildman–Crippen LogP) is 3.83. The molecule has 1 aliphatic rings. The van der Waals surface area contributed by atoms with Gasteiger partial charge in [-0.2, -0.15) is 0 Å². The van der Waals surface area contributed by atoms with E-state index in [4.69, 9.17) is 9.40 Å². The zero-order valence-electron chi connectivity index (χ0n) is 13.5. The number of aromatic nitrogens is 2. The molecule has 2 aromatic heterocycles. The maximum absolute atomic E-state index is 5.68. The minimum absolute atomic E-state index is 0.0184. The molecule has 2 aromatic carbocycles. The van der Waals surface area contributed by atoms with E-state index in [0.29, 0.717) is 0 Å². The number of hydrazine groups is 1. The summed E-state index contributed by atoms with van der Waals surface area (Å²) in [5.74, 6) is 2.00. The molecule has 3 unspecified atom stereocenters. The molecule has 0 aliphatic carbocycles. The lowest BCUT2D eigenvalue weighted by atomic mass is 9.85. The Balaban J connectivity index is 1.60. The molecule has 3 N–H and O–H groups in total. The molecule has 1 saturated heterocycles. The van der Waals surface area contributed by atoms with Crippen molar-refractivity contribution in [3.05, 3.63) is 90.1 Å². The molecular formula is C20H18N4O. The van der Waals surface area contributed by atoms with E-state index in [0.717, 1.165) is 22.6 Å². The molecule has 3 atom stereocenters. The van der Waals surface area contributed by atoms with Gasteiger partial charge in [0.1, 0.15) is 11.6 Å². The van der Waals surface area contributed by atoms with Crippen LogP contribution in [-0.2, 0) is 0 Å². The summed E-state index contributed by atoms with van der Waals surface area (Å²) in [6.07, 6.45) is 1.72. The number of rotatable bonds is 3. The number of hydrogen-bond acceptors (Lipinski definition) is 4. The van der Waals surface area contributed by atoms with Crippen LogP contribution in [0.2, 0.25) is 0 Å². The van der Waals surface area contributed by atoms with Crippen LogP contribution in [0.1, 0.15) is 35.1 Å². The first-order valence-electron chi connectivity index (χ1n) is 8.44. The topological polar surface area (TPSA) is 65.9 Å². The van der Waals surface area contributed by atoms with Crippen molar-refractivity contribution in [2.24, 2.45) is 0 Å². The highest BCUT2D eigenvalue weighted by Crippen LogP contribution is 2.43. The quantitative estimate of drug-likeness (QED) is 0.534. The zero-order valence-corrected chi connectivity index (χ0v) is 13.5. The first-order valence-corrected chi connectivity index (χ1v) is 8.44. The minimum Gasteiger partial charge on any atom is -0.468 e. The van der Waals surface area contributed by atoms with E-state index < -0.39 is 0 Å². The second-order valence-electron chi connectivity index (χ2n) is 6.34. The van der Waals surface area contributed by atoms with Gasteiger partial charge in [0.05, 0.1) is 29.4 Å². The fourth-order valence-electron chi connectivity index (χ4n) is 3.69. The summed E-state index contributed by atoms with van der Waals surface area (Å²) in [6.45, 7) is 0. The molecule has 4 aromatic rings. The number of para-hydroxylation sites is 2. The van der Waals surface area contributed by atoms with Crippen LogP contribution in [0.25, 0.3) is 11.0 Å². The van der Waals surface area contributed by atoms with Crippen molar-refractivity contribution >= 4 is 11.0 Å². The van der Waals surface area contributed by atoms with Crippen LogP contribution in [0.4, 0.5) is 0 Å². The highest BCUT2D eigenvalue weighted by molar-refractivity contribution is 5.74. The average Bonchev–Trinajstić information content (AvgIpc) is 3.39. The molecule has 1 aliphatic heterocycles. The van der Waals surface area contributed by atoms with E-state index in [9.17, 15) is 0 Å². The number of benzene rings is 2. The summed E-state index contributed by atoms with van der Waals surface area (Å²) in [5, 5.41) is 0. The molecule has 5 rings (SSSR count). The Morgan fingerprint density at radius 2 is 1.60 bits per heavy atom. The summed E-state index contributed by atoms with van der Waals surface area (Å²) in [4.78, 5) is 8.26. The molecule has 0 spiro atoms. The summed E-state index contributed by atoms with van der Waals surface area (Å²) >= 11 is 0.